The van der Waals surface area contributed by atoms with Crippen LogP contribution in [0.15, 0.2) is 46.9 Å². The molecule has 4 nitrogen and oxygen atoms in total. The van der Waals surface area contributed by atoms with Crippen LogP contribution in [0.2, 0.25) is 0 Å². The van der Waals surface area contributed by atoms with Gasteiger partial charge in [0.25, 0.3) is 5.91 Å². The minimum atomic E-state index is -0.413. The lowest BCUT2D eigenvalue weighted by Crippen LogP contribution is -2.12. The summed E-state index contributed by atoms with van der Waals surface area (Å²) in [6.07, 6.45) is 0.728. The van der Waals surface area contributed by atoms with Gasteiger partial charge in [-0.05, 0) is 42.5 Å². The Labute approximate surface area is 118 Å². The number of anilines is 1. The highest BCUT2D eigenvalue weighted by Gasteiger charge is 2.11. The average Bonchev–Trinajstić information content (AvgIpc) is 2.39. The number of carbonyl (C=O) groups is 2. The minimum absolute atomic E-state index is 0.101. The first-order valence-electron chi connectivity index (χ1n) is 5.45. The van der Waals surface area contributed by atoms with E-state index >= 15 is 0 Å². The van der Waals surface area contributed by atoms with Gasteiger partial charge in [0.05, 0.1) is 5.56 Å². The maximum absolute atomic E-state index is 11.9. The molecule has 0 saturated heterocycles. The van der Waals surface area contributed by atoms with Crippen molar-refractivity contribution in [2.75, 3.05) is 5.32 Å². The summed E-state index contributed by atoms with van der Waals surface area (Å²) in [4.78, 5) is 22.5. The Hall–Kier alpha value is -2.14. The van der Waals surface area contributed by atoms with Gasteiger partial charge in [0.15, 0.2) is 0 Å². The summed E-state index contributed by atoms with van der Waals surface area (Å²) < 4.78 is 0.692. The fourth-order valence-electron chi connectivity index (χ4n) is 1.54. The lowest BCUT2D eigenvalue weighted by Gasteiger charge is -2.07. The van der Waals surface area contributed by atoms with Gasteiger partial charge in [-0.1, -0.05) is 15.9 Å². The average molecular weight is 320 g/mol. The molecule has 0 aliphatic rings. The smallest absolute Gasteiger partial charge is 0.259 e. The second-order valence-electron chi connectivity index (χ2n) is 3.86. The molecule has 0 fully saturated rings. The monoisotopic (exact) mass is 319 g/mol. The van der Waals surface area contributed by atoms with Gasteiger partial charge in [-0.15, -0.1) is 0 Å². The van der Waals surface area contributed by atoms with Crippen molar-refractivity contribution in [1.82, 2.24) is 0 Å². The van der Waals surface area contributed by atoms with Crippen molar-refractivity contribution in [3.8, 4) is 5.75 Å². The normalized spacial score (nSPS) is 9.95. The third-order valence-corrected chi connectivity index (χ3v) is 3.00. The molecule has 0 spiro atoms. The maximum atomic E-state index is 11.9. The van der Waals surface area contributed by atoms with Crippen LogP contribution >= 0.6 is 15.9 Å². The van der Waals surface area contributed by atoms with Crippen LogP contribution in [-0.2, 0) is 0 Å². The first-order valence-corrected chi connectivity index (χ1v) is 6.24. The molecule has 2 aromatic carbocycles. The fourth-order valence-corrected chi connectivity index (χ4v) is 1.89. The summed E-state index contributed by atoms with van der Waals surface area (Å²) in [6.45, 7) is 0. The van der Waals surface area contributed by atoms with Gasteiger partial charge in [-0.2, -0.15) is 0 Å². The minimum Gasteiger partial charge on any atom is -0.507 e. The molecule has 0 aliphatic heterocycles. The number of aldehydes is 1. The Morgan fingerprint density at radius 1 is 1.16 bits per heavy atom. The third-order valence-electron chi connectivity index (χ3n) is 2.51. The Morgan fingerprint density at radius 3 is 2.42 bits per heavy atom. The van der Waals surface area contributed by atoms with Crippen LogP contribution in [0.4, 0.5) is 5.69 Å². The number of hydrogen-bond donors (Lipinski definition) is 2. The second-order valence-corrected chi connectivity index (χ2v) is 4.77. The molecule has 0 aromatic heterocycles. The standard InChI is InChI=1S/C14H10BrNO3/c15-10-3-6-12(13(18)7-10)14(19)16-11-4-1-9(8-17)2-5-11/h1-8,18H,(H,16,19). The molecule has 0 heterocycles. The van der Waals surface area contributed by atoms with Crippen LogP contribution in [0.5, 0.6) is 5.75 Å². The number of halogens is 1. The van der Waals surface area contributed by atoms with Gasteiger partial charge in [-0.3, -0.25) is 9.59 Å². The lowest BCUT2D eigenvalue weighted by atomic mass is 10.1. The van der Waals surface area contributed by atoms with Gasteiger partial charge in [0.1, 0.15) is 12.0 Å². The number of carbonyl (C=O) groups excluding carboxylic acids is 2. The number of phenols is 1. The molecule has 0 bridgehead atoms. The first kappa shape index (κ1) is 13.3. The highest BCUT2D eigenvalue weighted by atomic mass is 79.9. The van der Waals surface area contributed by atoms with Gasteiger partial charge in [-0.25, -0.2) is 0 Å². The molecule has 0 atom stereocenters. The molecular weight excluding hydrogens is 310 g/mol. The van der Waals surface area contributed by atoms with Crippen molar-refractivity contribution in [1.29, 1.82) is 0 Å². The zero-order valence-electron chi connectivity index (χ0n) is 9.76. The predicted molar refractivity (Wildman–Crippen MR) is 75.6 cm³/mol. The van der Waals surface area contributed by atoms with Crippen LogP contribution in [-0.4, -0.2) is 17.3 Å². The number of nitrogens with one attached hydrogen (secondary N) is 1. The largest absolute Gasteiger partial charge is 0.507 e. The molecular formula is C14H10BrNO3. The Balaban J connectivity index is 2.18. The molecule has 0 radical (unpaired) electrons. The molecule has 0 saturated carbocycles. The van der Waals surface area contributed by atoms with Crippen molar-refractivity contribution >= 4 is 33.8 Å². The van der Waals surface area contributed by atoms with Crippen molar-refractivity contribution in [3.05, 3.63) is 58.1 Å². The van der Waals surface area contributed by atoms with Crippen molar-refractivity contribution in [3.63, 3.8) is 0 Å². The third kappa shape index (κ3) is 3.20. The Morgan fingerprint density at radius 2 is 1.84 bits per heavy atom. The molecule has 2 N–H and O–H groups in total. The van der Waals surface area contributed by atoms with E-state index in [0.29, 0.717) is 15.7 Å². The molecule has 0 unspecified atom stereocenters. The summed E-state index contributed by atoms with van der Waals surface area (Å²) in [5, 5.41) is 12.3. The number of phenolic OH excluding ortho intramolecular Hbond substituents is 1. The molecule has 19 heavy (non-hydrogen) atoms. The van der Waals surface area contributed by atoms with Crippen LogP contribution in [0.1, 0.15) is 20.7 Å². The van der Waals surface area contributed by atoms with Crippen LogP contribution < -0.4 is 5.32 Å². The summed E-state index contributed by atoms with van der Waals surface area (Å²) in [5.74, 6) is -0.514. The van der Waals surface area contributed by atoms with E-state index in [1.54, 1.807) is 30.3 Å². The number of hydrogen-bond acceptors (Lipinski definition) is 3. The first-order chi connectivity index (χ1) is 9.10. The highest BCUT2D eigenvalue weighted by molar-refractivity contribution is 9.10. The van der Waals surface area contributed by atoms with Crippen LogP contribution in [0.25, 0.3) is 0 Å². The molecule has 5 heteroatoms. The molecule has 1 amide bonds. The SMILES string of the molecule is O=Cc1ccc(NC(=O)c2ccc(Br)cc2O)cc1. The Kier molecular flexibility index (Phi) is 3.97. The quantitative estimate of drug-likeness (QED) is 0.854. The van der Waals surface area contributed by atoms with Gasteiger partial charge in [0, 0.05) is 15.7 Å². The van der Waals surface area contributed by atoms with Crippen LogP contribution in [0.3, 0.4) is 0 Å². The van der Waals surface area contributed by atoms with Crippen molar-refractivity contribution in [2.45, 2.75) is 0 Å². The van der Waals surface area contributed by atoms with E-state index < -0.39 is 5.91 Å². The van der Waals surface area contributed by atoms with Gasteiger partial charge in [0.2, 0.25) is 0 Å². The van der Waals surface area contributed by atoms with Crippen LogP contribution in [0, 0.1) is 0 Å². The zero-order chi connectivity index (χ0) is 13.8. The van der Waals surface area contributed by atoms with Gasteiger partial charge >= 0.3 is 0 Å². The van der Waals surface area contributed by atoms with E-state index in [9.17, 15) is 14.7 Å². The van der Waals surface area contributed by atoms with E-state index in [0.717, 1.165) is 6.29 Å². The molecule has 2 aromatic rings. The summed E-state index contributed by atoms with van der Waals surface area (Å²) >= 11 is 3.20. The summed E-state index contributed by atoms with van der Waals surface area (Å²) in [7, 11) is 0. The molecule has 2 rings (SSSR count). The van der Waals surface area contributed by atoms with E-state index in [2.05, 4.69) is 21.2 Å². The molecule has 96 valence electrons. The number of benzene rings is 2. The number of rotatable bonds is 3. The topological polar surface area (TPSA) is 66.4 Å². The van der Waals surface area contributed by atoms with Crippen molar-refractivity contribution in [2.24, 2.45) is 0 Å². The summed E-state index contributed by atoms with van der Waals surface area (Å²) in [6, 6.07) is 11.1. The predicted octanol–water partition coefficient (Wildman–Crippen LogP) is 3.22. The highest BCUT2D eigenvalue weighted by Crippen LogP contribution is 2.23. The lowest BCUT2D eigenvalue weighted by molar-refractivity contribution is 0.102. The second kappa shape index (κ2) is 5.67. The molecule has 0 aliphatic carbocycles. The number of aromatic hydroxyl groups is 1. The zero-order valence-corrected chi connectivity index (χ0v) is 11.3. The van der Waals surface area contributed by atoms with Crippen molar-refractivity contribution < 1.29 is 14.7 Å². The fraction of sp³-hybridized carbons (Fsp3) is 0. The van der Waals surface area contributed by atoms with E-state index in [-0.39, 0.29) is 11.3 Å². The Bertz CT molecular complexity index is 623. The summed E-state index contributed by atoms with van der Waals surface area (Å²) in [5.41, 5.74) is 1.27. The van der Waals surface area contributed by atoms with E-state index in [1.165, 1.54) is 12.1 Å². The van der Waals surface area contributed by atoms with Gasteiger partial charge < -0.3 is 10.4 Å². The van der Waals surface area contributed by atoms with E-state index in [4.69, 9.17) is 0 Å². The number of amides is 1. The van der Waals surface area contributed by atoms with E-state index in [1.807, 2.05) is 0 Å². The maximum Gasteiger partial charge on any atom is 0.259 e.